The Morgan fingerprint density at radius 1 is 1.29 bits per heavy atom. The van der Waals surface area contributed by atoms with Crippen molar-refractivity contribution in [2.45, 2.75) is 64.0 Å². The Labute approximate surface area is 127 Å². The molecule has 0 aromatic heterocycles. The highest BCUT2D eigenvalue weighted by molar-refractivity contribution is 5.86. The Morgan fingerprint density at radius 3 is 2.76 bits per heavy atom. The summed E-state index contributed by atoms with van der Waals surface area (Å²) in [6.45, 7) is 4.32. The summed E-state index contributed by atoms with van der Waals surface area (Å²) >= 11 is 0. The molecule has 1 aromatic carbocycles. The van der Waals surface area contributed by atoms with Gasteiger partial charge in [0, 0.05) is 17.8 Å². The minimum absolute atomic E-state index is 0.0127. The first kappa shape index (κ1) is 14.4. The molecule has 3 heteroatoms. The van der Waals surface area contributed by atoms with Crippen LogP contribution in [0, 0.1) is 5.92 Å². The number of anilines is 1. The van der Waals surface area contributed by atoms with E-state index in [1.54, 1.807) is 0 Å². The third-order valence-electron chi connectivity index (χ3n) is 5.12. The van der Waals surface area contributed by atoms with Gasteiger partial charge in [0.05, 0.1) is 5.92 Å². The standard InChI is InChI=1S/C18H26N2O/c1-12-11-16(15-9-5-6-10-17(15)19-12)18(21)20-13(2)14-7-3-4-8-14/h5-6,9-10,12-14,16,19H,3-4,7-8,11H2,1-2H3,(H,20,21). The van der Waals surface area contributed by atoms with Crippen molar-refractivity contribution in [3.05, 3.63) is 29.8 Å². The zero-order valence-corrected chi connectivity index (χ0v) is 13.1. The monoisotopic (exact) mass is 286 g/mol. The Hall–Kier alpha value is -1.51. The first-order chi connectivity index (χ1) is 10.1. The van der Waals surface area contributed by atoms with E-state index in [0.717, 1.165) is 17.7 Å². The summed E-state index contributed by atoms with van der Waals surface area (Å²) in [6, 6.07) is 8.86. The molecular formula is C18H26N2O. The second-order valence-corrected chi connectivity index (χ2v) is 6.76. The second kappa shape index (κ2) is 6.08. The average molecular weight is 286 g/mol. The molecule has 1 fully saturated rings. The van der Waals surface area contributed by atoms with Crippen LogP contribution in [0.4, 0.5) is 5.69 Å². The number of nitrogens with one attached hydrogen (secondary N) is 2. The Balaban J connectivity index is 1.72. The van der Waals surface area contributed by atoms with Crippen LogP contribution >= 0.6 is 0 Å². The van der Waals surface area contributed by atoms with Gasteiger partial charge in [0.25, 0.3) is 0 Å². The SMILES string of the molecule is CC1CC(C(=O)NC(C)C2CCCC2)c2ccccc2N1. The lowest BCUT2D eigenvalue weighted by molar-refractivity contribution is -0.123. The van der Waals surface area contributed by atoms with Crippen LogP contribution in [0.15, 0.2) is 24.3 Å². The minimum atomic E-state index is -0.0127. The van der Waals surface area contributed by atoms with E-state index in [-0.39, 0.29) is 11.8 Å². The highest BCUT2D eigenvalue weighted by Gasteiger charge is 2.31. The number of hydrogen-bond donors (Lipinski definition) is 2. The van der Waals surface area contributed by atoms with Gasteiger partial charge in [-0.2, -0.15) is 0 Å². The van der Waals surface area contributed by atoms with Crippen LogP contribution in [0.25, 0.3) is 0 Å². The van der Waals surface area contributed by atoms with Gasteiger partial charge in [0.15, 0.2) is 0 Å². The molecule has 3 unspecified atom stereocenters. The predicted octanol–water partition coefficient (Wildman–Crippen LogP) is 3.67. The van der Waals surface area contributed by atoms with E-state index in [2.05, 4.69) is 36.6 Å². The normalized spacial score (nSPS) is 26.8. The van der Waals surface area contributed by atoms with Crippen molar-refractivity contribution in [1.29, 1.82) is 0 Å². The van der Waals surface area contributed by atoms with Crippen LogP contribution in [-0.4, -0.2) is 18.0 Å². The van der Waals surface area contributed by atoms with Gasteiger partial charge < -0.3 is 10.6 Å². The molecule has 1 aromatic rings. The van der Waals surface area contributed by atoms with Gasteiger partial charge in [0.2, 0.25) is 5.91 Å². The van der Waals surface area contributed by atoms with Gasteiger partial charge in [-0.3, -0.25) is 4.79 Å². The van der Waals surface area contributed by atoms with Crippen LogP contribution in [-0.2, 0) is 4.79 Å². The van der Waals surface area contributed by atoms with Gasteiger partial charge in [-0.1, -0.05) is 31.0 Å². The zero-order chi connectivity index (χ0) is 14.8. The van der Waals surface area contributed by atoms with E-state index in [0.29, 0.717) is 18.0 Å². The first-order valence-electron chi connectivity index (χ1n) is 8.31. The molecule has 2 aliphatic rings. The molecule has 1 aliphatic heterocycles. The molecule has 0 bridgehead atoms. The quantitative estimate of drug-likeness (QED) is 0.890. The maximum absolute atomic E-state index is 12.7. The van der Waals surface area contributed by atoms with Crippen molar-refractivity contribution in [3.63, 3.8) is 0 Å². The van der Waals surface area contributed by atoms with Crippen LogP contribution in [0.1, 0.15) is 57.4 Å². The van der Waals surface area contributed by atoms with Gasteiger partial charge in [-0.05, 0) is 50.7 Å². The third-order valence-corrected chi connectivity index (χ3v) is 5.12. The average Bonchev–Trinajstić information content (AvgIpc) is 3.00. The first-order valence-corrected chi connectivity index (χ1v) is 8.31. The fourth-order valence-electron chi connectivity index (χ4n) is 3.89. The van der Waals surface area contributed by atoms with Crippen molar-refractivity contribution in [3.8, 4) is 0 Å². The molecule has 1 saturated carbocycles. The summed E-state index contributed by atoms with van der Waals surface area (Å²) in [5.74, 6) is 0.861. The number of carbonyl (C=O) groups is 1. The molecule has 0 radical (unpaired) electrons. The van der Waals surface area contributed by atoms with Gasteiger partial charge in [-0.15, -0.1) is 0 Å². The van der Waals surface area contributed by atoms with E-state index in [9.17, 15) is 4.79 Å². The largest absolute Gasteiger partial charge is 0.382 e. The van der Waals surface area contributed by atoms with Crippen LogP contribution in [0.3, 0.4) is 0 Å². The molecule has 1 amide bonds. The molecule has 1 aliphatic carbocycles. The smallest absolute Gasteiger partial charge is 0.227 e. The molecule has 2 N–H and O–H groups in total. The molecule has 3 atom stereocenters. The lowest BCUT2D eigenvalue weighted by Crippen LogP contribution is -2.42. The molecule has 0 saturated heterocycles. The Kier molecular flexibility index (Phi) is 4.18. The van der Waals surface area contributed by atoms with E-state index >= 15 is 0 Å². The Bertz CT molecular complexity index is 508. The van der Waals surface area contributed by atoms with Crippen molar-refractivity contribution in [2.24, 2.45) is 5.92 Å². The fourth-order valence-corrected chi connectivity index (χ4v) is 3.89. The predicted molar refractivity (Wildman–Crippen MR) is 86.4 cm³/mol. The molecule has 3 nitrogen and oxygen atoms in total. The summed E-state index contributed by atoms with van der Waals surface area (Å²) < 4.78 is 0. The van der Waals surface area contributed by atoms with Crippen LogP contribution in [0.2, 0.25) is 0 Å². The lowest BCUT2D eigenvalue weighted by atomic mass is 9.86. The summed E-state index contributed by atoms with van der Waals surface area (Å²) in [5, 5.41) is 6.76. The van der Waals surface area contributed by atoms with E-state index < -0.39 is 0 Å². The van der Waals surface area contributed by atoms with Crippen molar-refractivity contribution in [2.75, 3.05) is 5.32 Å². The van der Waals surface area contributed by atoms with Crippen molar-refractivity contribution in [1.82, 2.24) is 5.32 Å². The molecule has 21 heavy (non-hydrogen) atoms. The number of carbonyl (C=O) groups excluding carboxylic acids is 1. The summed E-state index contributed by atoms with van der Waals surface area (Å²) in [7, 11) is 0. The maximum Gasteiger partial charge on any atom is 0.227 e. The minimum Gasteiger partial charge on any atom is -0.382 e. The number of fused-ring (bicyclic) bond motifs is 1. The molecule has 3 rings (SSSR count). The summed E-state index contributed by atoms with van der Waals surface area (Å²) in [6.07, 6.45) is 6.04. The Morgan fingerprint density at radius 2 is 2.00 bits per heavy atom. The summed E-state index contributed by atoms with van der Waals surface area (Å²) in [4.78, 5) is 12.7. The van der Waals surface area contributed by atoms with E-state index in [1.807, 2.05) is 12.1 Å². The zero-order valence-electron chi connectivity index (χ0n) is 13.1. The molecule has 0 spiro atoms. The second-order valence-electron chi connectivity index (χ2n) is 6.76. The topological polar surface area (TPSA) is 41.1 Å². The highest BCUT2D eigenvalue weighted by atomic mass is 16.1. The maximum atomic E-state index is 12.7. The number of rotatable bonds is 3. The number of benzene rings is 1. The van der Waals surface area contributed by atoms with Gasteiger partial charge in [-0.25, -0.2) is 0 Å². The lowest BCUT2D eigenvalue weighted by Gasteiger charge is -2.32. The number of amides is 1. The van der Waals surface area contributed by atoms with E-state index in [4.69, 9.17) is 0 Å². The number of para-hydroxylation sites is 1. The van der Waals surface area contributed by atoms with Gasteiger partial charge in [0.1, 0.15) is 0 Å². The molecule has 1 heterocycles. The molecular weight excluding hydrogens is 260 g/mol. The van der Waals surface area contributed by atoms with Crippen molar-refractivity contribution >= 4 is 11.6 Å². The van der Waals surface area contributed by atoms with Gasteiger partial charge >= 0.3 is 0 Å². The fraction of sp³-hybridized carbons (Fsp3) is 0.611. The van der Waals surface area contributed by atoms with E-state index in [1.165, 1.54) is 25.7 Å². The summed E-state index contributed by atoms with van der Waals surface area (Å²) in [5.41, 5.74) is 2.26. The van der Waals surface area contributed by atoms with Crippen molar-refractivity contribution < 1.29 is 4.79 Å². The third kappa shape index (κ3) is 3.07. The molecule has 114 valence electrons. The van der Waals surface area contributed by atoms with Crippen LogP contribution in [0.5, 0.6) is 0 Å². The highest BCUT2D eigenvalue weighted by Crippen LogP contribution is 2.35. The van der Waals surface area contributed by atoms with Crippen LogP contribution < -0.4 is 10.6 Å². The number of hydrogen-bond acceptors (Lipinski definition) is 2.